The maximum absolute atomic E-state index is 11.8. The van der Waals surface area contributed by atoms with Crippen molar-refractivity contribution in [2.45, 2.75) is 33.2 Å². The van der Waals surface area contributed by atoms with Crippen LogP contribution in [-0.2, 0) is 4.79 Å². The van der Waals surface area contributed by atoms with Gasteiger partial charge in [-0.25, -0.2) is 0 Å². The Bertz CT molecular complexity index is 472. The van der Waals surface area contributed by atoms with Gasteiger partial charge in [0.1, 0.15) is 0 Å². The molecule has 0 radical (unpaired) electrons. The molecule has 16 heavy (non-hydrogen) atoms. The van der Waals surface area contributed by atoms with E-state index >= 15 is 0 Å². The highest BCUT2D eigenvalue weighted by molar-refractivity contribution is 5.98. The third-order valence-electron chi connectivity index (χ3n) is 3.05. The number of carbonyl (C=O) groups is 1. The molecule has 84 valence electrons. The fourth-order valence-corrected chi connectivity index (χ4v) is 2.34. The van der Waals surface area contributed by atoms with Crippen LogP contribution in [0, 0.1) is 6.92 Å². The van der Waals surface area contributed by atoms with Crippen molar-refractivity contribution >= 4 is 17.7 Å². The molecule has 1 aromatic rings. The Kier molecular flexibility index (Phi) is 2.38. The summed E-state index contributed by atoms with van der Waals surface area (Å²) in [5.74, 6) is 0.0879. The van der Waals surface area contributed by atoms with Crippen molar-refractivity contribution in [1.29, 1.82) is 0 Å². The molecule has 2 rings (SSSR count). The summed E-state index contributed by atoms with van der Waals surface area (Å²) < 4.78 is 0. The van der Waals surface area contributed by atoms with Crippen LogP contribution < -0.4 is 4.90 Å². The SMILES string of the molecule is CC(=O)N1c2c(C)cccc2C=CC1(C)C. The molecule has 0 aromatic heterocycles. The number of anilines is 1. The van der Waals surface area contributed by atoms with E-state index in [-0.39, 0.29) is 11.4 Å². The van der Waals surface area contributed by atoms with E-state index in [2.05, 4.69) is 26.0 Å². The second-order valence-corrected chi connectivity index (χ2v) is 4.85. The van der Waals surface area contributed by atoms with Crippen LogP contribution in [0.15, 0.2) is 24.3 Å². The summed E-state index contributed by atoms with van der Waals surface area (Å²) >= 11 is 0. The van der Waals surface area contributed by atoms with E-state index in [0.717, 1.165) is 16.8 Å². The van der Waals surface area contributed by atoms with E-state index in [9.17, 15) is 4.79 Å². The molecule has 2 heteroatoms. The Hall–Kier alpha value is -1.57. The first-order valence-electron chi connectivity index (χ1n) is 5.53. The van der Waals surface area contributed by atoms with Gasteiger partial charge >= 0.3 is 0 Å². The number of fused-ring (bicyclic) bond motifs is 1. The van der Waals surface area contributed by atoms with Gasteiger partial charge in [-0.15, -0.1) is 0 Å². The highest BCUT2D eigenvalue weighted by Gasteiger charge is 2.32. The molecule has 0 saturated carbocycles. The Labute approximate surface area is 96.6 Å². The van der Waals surface area contributed by atoms with Gasteiger partial charge in [-0.1, -0.05) is 30.4 Å². The highest BCUT2D eigenvalue weighted by Crippen LogP contribution is 2.36. The fourth-order valence-electron chi connectivity index (χ4n) is 2.34. The van der Waals surface area contributed by atoms with Gasteiger partial charge in [-0.05, 0) is 31.9 Å². The minimum atomic E-state index is -0.245. The Balaban J connectivity index is 2.68. The van der Waals surface area contributed by atoms with Gasteiger partial charge in [0.15, 0.2) is 0 Å². The molecule has 1 amide bonds. The first-order chi connectivity index (χ1) is 7.43. The molecule has 1 aliphatic rings. The predicted molar refractivity (Wildman–Crippen MR) is 67.5 cm³/mol. The molecule has 1 aromatic carbocycles. The molecule has 1 heterocycles. The fraction of sp³-hybridized carbons (Fsp3) is 0.357. The lowest BCUT2D eigenvalue weighted by molar-refractivity contribution is -0.117. The number of amides is 1. The zero-order valence-corrected chi connectivity index (χ0v) is 10.2. The Morgan fingerprint density at radius 2 is 2.00 bits per heavy atom. The molecular formula is C14H17NO. The number of aryl methyl sites for hydroxylation is 1. The quantitative estimate of drug-likeness (QED) is 0.651. The second-order valence-electron chi connectivity index (χ2n) is 4.85. The van der Waals surface area contributed by atoms with Crippen LogP contribution in [0.2, 0.25) is 0 Å². The molecule has 0 saturated heterocycles. The van der Waals surface area contributed by atoms with Gasteiger partial charge in [0.25, 0.3) is 0 Å². The third-order valence-corrected chi connectivity index (χ3v) is 3.05. The van der Waals surface area contributed by atoms with Gasteiger partial charge in [-0.3, -0.25) is 4.79 Å². The largest absolute Gasteiger partial charge is 0.303 e. The first-order valence-corrected chi connectivity index (χ1v) is 5.53. The van der Waals surface area contributed by atoms with Crippen LogP contribution in [0.25, 0.3) is 6.08 Å². The number of nitrogens with zero attached hydrogens (tertiary/aromatic N) is 1. The molecule has 0 bridgehead atoms. The Morgan fingerprint density at radius 1 is 1.31 bits per heavy atom. The zero-order valence-electron chi connectivity index (χ0n) is 10.2. The van der Waals surface area contributed by atoms with E-state index in [1.54, 1.807) is 6.92 Å². The maximum Gasteiger partial charge on any atom is 0.224 e. The number of hydrogen-bond donors (Lipinski definition) is 0. The smallest absolute Gasteiger partial charge is 0.224 e. The molecule has 0 aliphatic carbocycles. The zero-order chi connectivity index (χ0) is 11.9. The van der Waals surface area contributed by atoms with E-state index in [1.807, 2.05) is 30.0 Å². The van der Waals surface area contributed by atoms with Crippen molar-refractivity contribution < 1.29 is 4.79 Å². The summed E-state index contributed by atoms with van der Waals surface area (Å²) in [5, 5.41) is 0. The molecule has 0 fully saturated rings. The van der Waals surface area contributed by atoms with Crippen LogP contribution in [0.3, 0.4) is 0 Å². The molecule has 0 unspecified atom stereocenters. The number of para-hydroxylation sites is 1. The summed E-state index contributed by atoms with van der Waals surface area (Å²) in [4.78, 5) is 13.7. The lowest BCUT2D eigenvalue weighted by Crippen LogP contribution is -2.47. The number of benzene rings is 1. The van der Waals surface area contributed by atoms with Gasteiger partial charge in [0, 0.05) is 6.92 Å². The summed E-state index contributed by atoms with van der Waals surface area (Å²) in [7, 11) is 0. The van der Waals surface area contributed by atoms with Crippen molar-refractivity contribution in [3.8, 4) is 0 Å². The summed E-state index contributed by atoms with van der Waals surface area (Å²) in [6, 6.07) is 6.11. The van der Waals surface area contributed by atoms with Crippen molar-refractivity contribution in [2.24, 2.45) is 0 Å². The number of rotatable bonds is 0. The van der Waals surface area contributed by atoms with E-state index in [1.165, 1.54) is 0 Å². The summed E-state index contributed by atoms with van der Waals surface area (Å²) in [6.45, 7) is 7.78. The van der Waals surface area contributed by atoms with E-state index < -0.39 is 0 Å². The van der Waals surface area contributed by atoms with Gasteiger partial charge in [-0.2, -0.15) is 0 Å². The average Bonchev–Trinajstić information content (AvgIpc) is 2.17. The minimum absolute atomic E-state index is 0.0879. The lowest BCUT2D eigenvalue weighted by atomic mass is 9.92. The van der Waals surface area contributed by atoms with Crippen molar-refractivity contribution in [3.05, 3.63) is 35.4 Å². The monoisotopic (exact) mass is 215 g/mol. The molecule has 1 aliphatic heterocycles. The second kappa shape index (κ2) is 3.48. The van der Waals surface area contributed by atoms with E-state index in [0.29, 0.717) is 0 Å². The van der Waals surface area contributed by atoms with Crippen molar-refractivity contribution in [1.82, 2.24) is 0 Å². The van der Waals surface area contributed by atoms with Gasteiger partial charge in [0.05, 0.1) is 11.2 Å². The Morgan fingerprint density at radius 3 is 2.62 bits per heavy atom. The van der Waals surface area contributed by atoms with Crippen LogP contribution >= 0.6 is 0 Å². The standard InChI is InChI=1S/C14H17NO/c1-10-6-5-7-12-8-9-14(3,4)15(11(2)16)13(10)12/h5-9H,1-4H3. The lowest BCUT2D eigenvalue weighted by Gasteiger charge is -2.40. The van der Waals surface area contributed by atoms with Crippen LogP contribution in [0.4, 0.5) is 5.69 Å². The van der Waals surface area contributed by atoms with Crippen molar-refractivity contribution in [3.63, 3.8) is 0 Å². The molecule has 0 N–H and O–H groups in total. The average molecular weight is 215 g/mol. The van der Waals surface area contributed by atoms with E-state index in [4.69, 9.17) is 0 Å². The summed E-state index contributed by atoms with van der Waals surface area (Å²) in [5.41, 5.74) is 3.06. The van der Waals surface area contributed by atoms with Crippen molar-refractivity contribution in [2.75, 3.05) is 4.90 Å². The topological polar surface area (TPSA) is 20.3 Å². The summed E-state index contributed by atoms with van der Waals surface area (Å²) in [6.07, 6.45) is 4.18. The third kappa shape index (κ3) is 1.54. The number of carbonyl (C=O) groups excluding carboxylic acids is 1. The maximum atomic E-state index is 11.8. The molecular weight excluding hydrogens is 198 g/mol. The van der Waals surface area contributed by atoms with Crippen LogP contribution in [0.5, 0.6) is 0 Å². The van der Waals surface area contributed by atoms with Crippen LogP contribution in [-0.4, -0.2) is 11.4 Å². The van der Waals surface area contributed by atoms with Gasteiger partial charge < -0.3 is 4.90 Å². The van der Waals surface area contributed by atoms with Crippen LogP contribution in [0.1, 0.15) is 31.9 Å². The molecule has 0 spiro atoms. The normalized spacial score (nSPS) is 17.1. The highest BCUT2D eigenvalue weighted by atomic mass is 16.2. The number of hydrogen-bond acceptors (Lipinski definition) is 1. The molecule has 2 nitrogen and oxygen atoms in total. The first kappa shape index (κ1) is 10.9. The predicted octanol–water partition coefficient (Wildman–Crippen LogP) is 3.15. The minimum Gasteiger partial charge on any atom is -0.303 e. The molecule has 0 atom stereocenters. The van der Waals surface area contributed by atoms with Gasteiger partial charge in [0.2, 0.25) is 5.91 Å².